The molecule has 0 unspecified atom stereocenters. The van der Waals surface area contributed by atoms with Crippen molar-refractivity contribution in [3.05, 3.63) is 0 Å². The van der Waals surface area contributed by atoms with Gasteiger partial charge in [0.05, 0.1) is 0 Å². The Bertz CT molecular complexity index is 294. The van der Waals surface area contributed by atoms with Gasteiger partial charge in [-0.05, 0) is 12.2 Å². The standard InChI is InChI=1S/C7H13N3O5S/c8-7(16)10-9-1-2(11)4(13)6(15)5(14)3(1)12/h2-6,11-15H,(H3,8,10,16)/b9-1-/t2-,3+,4+,5+,6-/m0/s1. The fraction of sp³-hybridized carbons (Fsp3) is 0.714. The molecule has 0 heterocycles. The van der Waals surface area contributed by atoms with Gasteiger partial charge in [-0.3, -0.25) is 5.43 Å². The summed E-state index contributed by atoms with van der Waals surface area (Å²) in [5.41, 5.74) is 6.83. The van der Waals surface area contributed by atoms with E-state index in [1.54, 1.807) is 0 Å². The Kier molecular flexibility index (Phi) is 4.13. The van der Waals surface area contributed by atoms with Crippen LogP contribution in [0.5, 0.6) is 0 Å². The number of nitrogens with one attached hydrogen (secondary N) is 1. The molecule has 92 valence electrons. The molecule has 0 aromatic rings. The van der Waals surface area contributed by atoms with Gasteiger partial charge in [0.15, 0.2) is 5.11 Å². The van der Waals surface area contributed by atoms with Crippen LogP contribution in [0.4, 0.5) is 0 Å². The van der Waals surface area contributed by atoms with Gasteiger partial charge < -0.3 is 31.3 Å². The lowest BCUT2D eigenvalue weighted by Gasteiger charge is -2.36. The molecule has 0 amide bonds. The highest BCUT2D eigenvalue weighted by Gasteiger charge is 2.46. The zero-order valence-electron chi connectivity index (χ0n) is 8.06. The van der Waals surface area contributed by atoms with Crippen LogP contribution in [0.25, 0.3) is 0 Å². The molecule has 0 aromatic heterocycles. The molecular formula is C7H13N3O5S. The van der Waals surface area contributed by atoms with Gasteiger partial charge >= 0.3 is 0 Å². The number of hydrogen-bond donors (Lipinski definition) is 7. The molecule has 1 aliphatic rings. The molecule has 0 radical (unpaired) electrons. The van der Waals surface area contributed by atoms with E-state index in [-0.39, 0.29) is 10.8 Å². The molecule has 8 N–H and O–H groups in total. The summed E-state index contributed by atoms with van der Waals surface area (Å²) in [6, 6.07) is 0. The van der Waals surface area contributed by atoms with Crippen LogP contribution in [0.1, 0.15) is 0 Å². The minimum atomic E-state index is -1.66. The first-order valence-corrected chi connectivity index (χ1v) is 4.80. The van der Waals surface area contributed by atoms with Crippen LogP contribution >= 0.6 is 12.2 Å². The van der Waals surface area contributed by atoms with E-state index in [4.69, 9.17) is 5.73 Å². The van der Waals surface area contributed by atoms with Crippen LogP contribution in [0.15, 0.2) is 5.10 Å². The molecule has 8 nitrogen and oxygen atoms in total. The highest BCUT2D eigenvalue weighted by Crippen LogP contribution is 2.18. The van der Waals surface area contributed by atoms with Gasteiger partial charge in [-0.1, -0.05) is 0 Å². The summed E-state index contributed by atoms with van der Waals surface area (Å²) in [5.74, 6) is 0. The van der Waals surface area contributed by atoms with Crippen LogP contribution in [0.3, 0.4) is 0 Å². The molecule has 0 spiro atoms. The molecule has 9 heteroatoms. The van der Waals surface area contributed by atoms with Crippen molar-refractivity contribution >= 4 is 23.0 Å². The van der Waals surface area contributed by atoms with Crippen LogP contribution in [0.2, 0.25) is 0 Å². The molecule has 16 heavy (non-hydrogen) atoms. The number of aliphatic hydroxyl groups excluding tert-OH is 5. The molecule has 1 aliphatic carbocycles. The molecule has 0 aromatic carbocycles. The van der Waals surface area contributed by atoms with E-state index in [0.29, 0.717) is 0 Å². The highest BCUT2D eigenvalue weighted by molar-refractivity contribution is 7.80. The van der Waals surface area contributed by atoms with Crippen LogP contribution in [-0.4, -0.2) is 66.9 Å². The Morgan fingerprint density at radius 2 is 1.50 bits per heavy atom. The topological polar surface area (TPSA) is 152 Å². The Morgan fingerprint density at radius 1 is 1.06 bits per heavy atom. The van der Waals surface area contributed by atoms with E-state index >= 15 is 0 Å². The second-order valence-electron chi connectivity index (χ2n) is 3.37. The molecule has 1 rings (SSSR count). The lowest BCUT2D eigenvalue weighted by molar-refractivity contribution is -0.130. The average Bonchev–Trinajstić information content (AvgIpc) is 2.23. The van der Waals surface area contributed by atoms with Crippen molar-refractivity contribution in [2.45, 2.75) is 30.5 Å². The fourth-order valence-electron chi connectivity index (χ4n) is 1.35. The summed E-state index contributed by atoms with van der Waals surface area (Å²) in [5, 5.41) is 50.1. The first kappa shape index (κ1) is 13.2. The average molecular weight is 251 g/mol. The highest BCUT2D eigenvalue weighted by atomic mass is 32.1. The first-order valence-electron chi connectivity index (χ1n) is 4.39. The third kappa shape index (κ3) is 2.45. The third-order valence-electron chi connectivity index (χ3n) is 2.25. The first-order chi connectivity index (χ1) is 7.36. The van der Waals surface area contributed by atoms with Crippen molar-refractivity contribution in [1.82, 2.24) is 5.43 Å². The van der Waals surface area contributed by atoms with Crippen LogP contribution in [0, 0.1) is 0 Å². The number of nitrogens with two attached hydrogens (primary N) is 1. The number of rotatable bonds is 1. The van der Waals surface area contributed by atoms with E-state index in [2.05, 4.69) is 22.7 Å². The number of hydrogen-bond acceptors (Lipinski definition) is 7. The quantitative estimate of drug-likeness (QED) is 0.184. The summed E-state index contributed by atoms with van der Waals surface area (Å²) in [6.45, 7) is 0. The maximum atomic E-state index is 9.47. The number of thiocarbonyl (C=S) groups is 1. The zero-order chi connectivity index (χ0) is 12.5. The number of nitrogens with zero attached hydrogens (tertiary/aromatic N) is 1. The van der Waals surface area contributed by atoms with Crippen molar-refractivity contribution in [2.24, 2.45) is 10.8 Å². The summed E-state index contributed by atoms with van der Waals surface area (Å²) in [6.07, 6.45) is -8.19. The summed E-state index contributed by atoms with van der Waals surface area (Å²) < 4.78 is 0. The summed E-state index contributed by atoms with van der Waals surface area (Å²) in [7, 11) is 0. The SMILES string of the molecule is NC(=S)N/N=C1\[C@@H](O)[C@@H](O)[C@@H](O)[C@H](O)[C@H]1O. The second-order valence-corrected chi connectivity index (χ2v) is 3.81. The Labute approximate surface area is 96.0 Å². The van der Waals surface area contributed by atoms with Crippen molar-refractivity contribution in [3.8, 4) is 0 Å². The lowest BCUT2D eigenvalue weighted by atomic mass is 9.86. The van der Waals surface area contributed by atoms with Gasteiger partial charge in [0.2, 0.25) is 0 Å². The lowest BCUT2D eigenvalue weighted by Crippen LogP contribution is -2.62. The number of aliphatic hydroxyl groups is 5. The van der Waals surface area contributed by atoms with Crippen LogP contribution < -0.4 is 11.2 Å². The molecule has 0 bridgehead atoms. The predicted octanol–water partition coefficient (Wildman–Crippen LogP) is -4.01. The predicted molar refractivity (Wildman–Crippen MR) is 57.4 cm³/mol. The zero-order valence-corrected chi connectivity index (χ0v) is 8.87. The maximum Gasteiger partial charge on any atom is 0.184 e. The van der Waals surface area contributed by atoms with E-state index in [0.717, 1.165) is 0 Å². The molecule has 5 atom stereocenters. The smallest absolute Gasteiger partial charge is 0.184 e. The van der Waals surface area contributed by atoms with Crippen LogP contribution in [-0.2, 0) is 0 Å². The molecule has 0 saturated heterocycles. The monoisotopic (exact) mass is 251 g/mol. The van der Waals surface area contributed by atoms with E-state index in [1.807, 2.05) is 0 Å². The van der Waals surface area contributed by atoms with E-state index in [1.165, 1.54) is 0 Å². The number of hydrazone groups is 1. The Morgan fingerprint density at radius 3 is 1.88 bits per heavy atom. The fourth-order valence-corrected chi connectivity index (χ4v) is 1.40. The molecular weight excluding hydrogens is 238 g/mol. The minimum Gasteiger partial charge on any atom is -0.387 e. The largest absolute Gasteiger partial charge is 0.387 e. The van der Waals surface area contributed by atoms with Gasteiger partial charge in [-0.2, -0.15) is 5.10 Å². The molecule has 0 aliphatic heterocycles. The molecule has 1 saturated carbocycles. The van der Waals surface area contributed by atoms with E-state index < -0.39 is 30.5 Å². The van der Waals surface area contributed by atoms with Gasteiger partial charge in [-0.15, -0.1) is 0 Å². The Balaban J connectivity index is 2.90. The Hall–Kier alpha value is -0.840. The van der Waals surface area contributed by atoms with Gasteiger partial charge in [-0.25, -0.2) is 0 Å². The second kappa shape index (κ2) is 4.99. The normalized spacial score (nSPS) is 42.1. The summed E-state index contributed by atoms with van der Waals surface area (Å²) >= 11 is 4.45. The van der Waals surface area contributed by atoms with E-state index in [9.17, 15) is 25.5 Å². The molecule has 1 fully saturated rings. The summed E-state index contributed by atoms with van der Waals surface area (Å²) in [4.78, 5) is 0. The minimum absolute atomic E-state index is 0.206. The van der Waals surface area contributed by atoms with Gasteiger partial charge in [0.25, 0.3) is 0 Å². The third-order valence-corrected chi connectivity index (χ3v) is 2.34. The van der Waals surface area contributed by atoms with Gasteiger partial charge in [0.1, 0.15) is 36.2 Å². The van der Waals surface area contributed by atoms with Gasteiger partial charge in [0, 0.05) is 0 Å². The van der Waals surface area contributed by atoms with Crippen molar-refractivity contribution < 1.29 is 25.5 Å². The van der Waals surface area contributed by atoms with Crippen molar-refractivity contribution in [2.75, 3.05) is 0 Å². The maximum absolute atomic E-state index is 9.47. The van der Waals surface area contributed by atoms with Crippen molar-refractivity contribution in [1.29, 1.82) is 0 Å². The van der Waals surface area contributed by atoms with Crippen molar-refractivity contribution in [3.63, 3.8) is 0 Å².